The number of imidazole rings is 1. The van der Waals surface area contributed by atoms with E-state index in [2.05, 4.69) is 42.2 Å². The number of hydrogen-bond donors (Lipinski definition) is 2. The fourth-order valence-electron chi connectivity index (χ4n) is 2.06. The third-order valence-electron chi connectivity index (χ3n) is 3.26. The molecule has 0 radical (unpaired) electrons. The van der Waals surface area contributed by atoms with Crippen LogP contribution in [0, 0.1) is 0 Å². The Morgan fingerprint density at radius 2 is 1.85 bits per heavy atom. The number of piperazine rings is 1. The van der Waals surface area contributed by atoms with Crippen molar-refractivity contribution in [3.05, 3.63) is 18.7 Å². The van der Waals surface area contributed by atoms with Gasteiger partial charge < -0.3 is 9.80 Å². The molecule has 1 aliphatic heterocycles. The van der Waals surface area contributed by atoms with E-state index in [0.29, 0.717) is 17.8 Å². The molecule has 1 fully saturated rings. The van der Waals surface area contributed by atoms with Crippen molar-refractivity contribution in [2.24, 2.45) is 5.84 Å². The largest absolute Gasteiger partial charge is 0.338 e. The van der Waals surface area contributed by atoms with Gasteiger partial charge in [-0.2, -0.15) is 15.0 Å². The van der Waals surface area contributed by atoms with Crippen LogP contribution in [0.1, 0.15) is 0 Å². The molecule has 9 nitrogen and oxygen atoms in total. The van der Waals surface area contributed by atoms with Gasteiger partial charge in [-0.1, -0.05) is 0 Å². The van der Waals surface area contributed by atoms with Gasteiger partial charge in [-0.25, -0.2) is 10.8 Å². The van der Waals surface area contributed by atoms with Gasteiger partial charge in [0.2, 0.25) is 17.8 Å². The molecule has 0 aliphatic carbocycles. The zero-order chi connectivity index (χ0) is 13.9. The molecule has 3 N–H and O–H groups in total. The Morgan fingerprint density at radius 1 is 1.10 bits per heavy atom. The molecule has 3 rings (SSSR count). The molecule has 0 spiro atoms. The van der Waals surface area contributed by atoms with Crippen LogP contribution in [-0.4, -0.2) is 62.6 Å². The highest BCUT2D eigenvalue weighted by Gasteiger charge is 2.18. The quantitative estimate of drug-likeness (QED) is 0.549. The predicted molar refractivity (Wildman–Crippen MR) is 74.5 cm³/mol. The molecule has 9 heteroatoms. The van der Waals surface area contributed by atoms with Crippen LogP contribution in [0.2, 0.25) is 0 Å². The number of nitrogens with one attached hydrogen (secondary N) is 1. The van der Waals surface area contributed by atoms with Crippen LogP contribution in [0.15, 0.2) is 18.7 Å². The van der Waals surface area contributed by atoms with Gasteiger partial charge in [0.05, 0.1) is 0 Å². The Bertz CT molecular complexity index is 559. The summed E-state index contributed by atoms with van der Waals surface area (Å²) in [5, 5.41) is 0. The van der Waals surface area contributed by atoms with Gasteiger partial charge in [0.15, 0.2) is 0 Å². The summed E-state index contributed by atoms with van der Waals surface area (Å²) in [5.74, 6) is 6.91. The monoisotopic (exact) mass is 275 g/mol. The van der Waals surface area contributed by atoms with Crippen LogP contribution >= 0.6 is 0 Å². The number of nitrogen functional groups attached to an aromatic ring is 1. The zero-order valence-electron chi connectivity index (χ0n) is 11.3. The summed E-state index contributed by atoms with van der Waals surface area (Å²) in [5.41, 5.74) is 2.48. The number of aromatic nitrogens is 5. The Hall–Kier alpha value is -2.26. The lowest BCUT2D eigenvalue weighted by Crippen LogP contribution is -2.45. The Labute approximate surface area is 116 Å². The fourth-order valence-corrected chi connectivity index (χ4v) is 2.06. The first-order valence-electron chi connectivity index (χ1n) is 6.41. The summed E-state index contributed by atoms with van der Waals surface area (Å²) < 4.78 is 1.72. The van der Waals surface area contributed by atoms with Crippen LogP contribution in [0.5, 0.6) is 0 Å². The first-order chi connectivity index (χ1) is 9.76. The molecular formula is C11H17N9. The van der Waals surface area contributed by atoms with E-state index in [-0.39, 0.29) is 0 Å². The lowest BCUT2D eigenvalue weighted by Gasteiger charge is -2.32. The lowest BCUT2D eigenvalue weighted by molar-refractivity contribution is 0.311. The number of hydrogen-bond acceptors (Lipinski definition) is 8. The van der Waals surface area contributed by atoms with E-state index in [9.17, 15) is 0 Å². The molecule has 106 valence electrons. The first-order valence-corrected chi connectivity index (χ1v) is 6.41. The summed E-state index contributed by atoms with van der Waals surface area (Å²) in [6, 6.07) is 0. The lowest BCUT2D eigenvalue weighted by atomic mass is 10.3. The first kappa shape index (κ1) is 12.8. The van der Waals surface area contributed by atoms with Crippen LogP contribution in [-0.2, 0) is 0 Å². The van der Waals surface area contributed by atoms with Crippen molar-refractivity contribution in [1.82, 2.24) is 29.4 Å². The Balaban J connectivity index is 1.92. The van der Waals surface area contributed by atoms with Gasteiger partial charge in [0, 0.05) is 38.6 Å². The van der Waals surface area contributed by atoms with Crippen molar-refractivity contribution in [1.29, 1.82) is 0 Å². The average Bonchev–Trinajstić information content (AvgIpc) is 3.02. The van der Waals surface area contributed by atoms with E-state index < -0.39 is 0 Å². The smallest absolute Gasteiger partial charge is 0.243 e. The third kappa shape index (κ3) is 2.53. The minimum atomic E-state index is 0.345. The molecule has 3 heterocycles. The second-order valence-electron chi connectivity index (χ2n) is 4.66. The highest BCUT2D eigenvalue weighted by atomic mass is 15.4. The number of anilines is 2. The van der Waals surface area contributed by atoms with Crippen LogP contribution in [0.3, 0.4) is 0 Å². The molecule has 2 aromatic heterocycles. The molecule has 0 amide bonds. The van der Waals surface area contributed by atoms with E-state index >= 15 is 0 Å². The molecule has 2 aromatic rings. The van der Waals surface area contributed by atoms with Crippen LogP contribution < -0.4 is 16.2 Å². The van der Waals surface area contributed by atoms with Crippen molar-refractivity contribution in [3.63, 3.8) is 0 Å². The van der Waals surface area contributed by atoms with Crippen LogP contribution in [0.25, 0.3) is 5.95 Å². The minimum Gasteiger partial charge on any atom is -0.338 e. The standard InChI is InChI=1S/C11H17N9/c1-18-4-6-19(7-5-18)10-14-9(17-12)15-11(16-10)20-3-2-13-8-20/h2-3,8H,4-7,12H2,1H3,(H,14,15,16,17). The Kier molecular flexibility index (Phi) is 3.44. The number of hydrazine groups is 1. The summed E-state index contributed by atoms with van der Waals surface area (Å²) >= 11 is 0. The molecule has 20 heavy (non-hydrogen) atoms. The van der Waals surface area contributed by atoms with E-state index in [1.807, 2.05) is 0 Å². The van der Waals surface area contributed by atoms with E-state index in [0.717, 1.165) is 26.2 Å². The van der Waals surface area contributed by atoms with E-state index in [4.69, 9.17) is 5.84 Å². The van der Waals surface area contributed by atoms with Crippen molar-refractivity contribution < 1.29 is 0 Å². The molecule has 0 unspecified atom stereocenters. The van der Waals surface area contributed by atoms with Crippen molar-refractivity contribution in [2.75, 3.05) is 43.6 Å². The van der Waals surface area contributed by atoms with Crippen LogP contribution in [0.4, 0.5) is 11.9 Å². The molecule has 0 bridgehead atoms. The normalized spacial score (nSPS) is 16.4. The summed E-state index contributed by atoms with van der Waals surface area (Å²) in [7, 11) is 2.11. The van der Waals surface area contributed by atoms with Gasteiger partial charge in [0.25, 0.3) is 0 Å². The highest BCUT2D eigenvalue weighted by molar-refractivity contribution is 5.40. The second kappa shape index (κ2) is 5.39. The molecule has 1 saturated heterocycles. The zero-order valence-corrected chi connectivity index (χ0v) is 11.3. The molecule has 0 aromatic carbocycles. The number of likely N-dealkylation sites (N-methyl/N-ethyl adjacent to an activating group) is 1. The van der Waals surface area contributed by atoms with E-state index in [1.165, 1.54) is 0 Å². The summed E-state index contributed by atoms with van der Waals surface area (Å²) in [4.78, 5) is 21.4. The maximum atomic E-state index is 5.44. The van der Waals surface area contributed by atoms with Gasteiger partial charge in [-0.15, -0.1) is 0 Å². The summed E-state index contributed by atoms with van der Waals surface area (Å²) in [6.07, 6.45) is 5.10. The molecule has 0 atom stereocenters. The predicted octanol–water partition coefficient (Wildman–Crippen LogP) is -0.905. The molecule has 0 saturated carbocycles. The maximum Gasteiger partial charge on any atom is 0.243 e. The van der Waals surface area contributed by atoms with Gasteiger partial charge >= 0.3 is 0 Å². The molecule has 1 aliphatic rings. The maximum absolute atomic E-state index is 5.44. The van der Waals surface area contributed by atoms with Crippen molar-refractivity contribution in [2.45, 2.75) is 0 Å². The van der Waals surface area contributed by atoms with Gasteiger partial charge in [-0.3, -0.25) is 9.99 Å². The number of rotatable bonds is 3. The fraction of sp³-hybridized carbons (Fsp3) is 0.455. The number of nitrogens with zero attached hydrogens (tertiary/aromatic N) is 7. The van der Waals surface area contributed by atoms with E-state index in [1.54, 1.807) is 23.3 Å². The second-order valence-corrected chi connectivity index (χ2v) is 4.66. The topological polar surface area (TPSA) is 101 Å². The minimum absolute atomic E-state index is 0.345. The summed E-state index contributed by atoms with van der Waals surface area (Å²) in [6.45, 7) is 3.73. The van der Waals surface area contributed by atoms with Crippen molar-refractivity contribution in [3.8, 4) is 5.95 Å². The highest BCUT2D eigenvalue weighted by Crippen LogP contribution is 2.14. The van der Waals surface area contributed by atoms with Gasteiger partial charge in [-0.05, 0) is 7.05 Å². The SMILES string of the molecule is CN1CCN(c2nc(NN)nc(-n3ccnc3)n2)CC1. The molecular weight excluding hydrogens is 258 g/mol. The third-order valence-corrected chi connectivity index (χ3v) is 3.26. The van der Waals surface area contributed by atoms with Crippen molar-refractivity contribution >= 4 is 11.9 Å². The number of nitrogens with two attached hydrogens (primary N) is 1. The Morgan fingerprint density at radius 3 is 2.50 bits per heavy atom. The average molecular weight is 275 g/mol. The van der Waals surface area contributed by atoms with Gasteiger partial charge in [0.1, 0.15) is 6.33 Å².